The molecule has 3 rings (SSSR count). The van der Waals surface area contributed by atoms with Gasteiger partial charge in [0.15, 0.2) is 22.8 Å². The third kappa shape index (κ3) is 19.5. The summed E-state index contributed by atoms with van der Waals surface area (Å²) in [5, 5.41) is 26.6. The number of aliphatic hydroxyl groups excluding tert-OH is 2. The third-order valence-corrected chi connectivity index (χ3v) is 13.8. The van der Waals surface area contributed by atoms with Gasteiger partial charge in [-0.1, -0.05) is 96.7 Å². The summed E-state index contributed by atoms with van der Waals surface area (Å²) < 4.78 is 62.3. The Kier molecular flexibility index (Phi) is 22.7. The van der Waals surface area contributed by atoms with Crippen LogP contribution in [0.15, 0.2) is 12.7 Å². The smallest absolute Gasteiger partial charge is 0.386 e. The highest BCUT2D eigenvalue weighted by Gasteiger charge is 2.50. The number of nitrogens with zero attached hydrogens (tertiary/aromatic N) is 4. The van der Waals surface area contributed by atoms with E-state index in [2.05, 4.69) is 41.3 Å². The number of rotatable bonds is 31. The van der Waals surface area contributed by atoms with Crippen LogP contribution in [0.3, 0.4) is 0 Å². The Balaban J connectivity index is 1.35. The molecule has 0 aromatic carbocycles. The molecule has 2 aromatic rings. The number of thioether (sulfide) groups is 1. The number of nitrogens with one attached hydrogen (secondary N) is 2. The van der Waals surface area contributed by atoms with E-state index >= 15 is 0 Å². The first-order valence-electron chi connectivity index (χ1n) is 20.6. The SMILES string of the molecule is CCCCCCCCCCCCCC(=O)SCCNC(=O)CCNC(=O)C(O)C(C)(C)COP(=O)(O)OP(=O)(O)OC[C@@H]1O[C@H](n2cnc3c(N)ncnc32)[C@@H](O)[C@H]1OP(=O)(O)O. The van der Waals surface area contributed by atoms with Gasteiger partial charge in [0.1, 0.15) is 36.3 Å². The van der Waals surface area contributed by atoms with Crippen molar-refractivity contribution in [3.05, 3.63) is 12.7 Å². The molecule has 0 radical (unpaired) electrons. The van der Waals surface area contributed by atoms with Gasteiger partial charge in [0.2, 0.25) is 11.8 Å². The number of amides is 2. The molecule has 0 bridgehead atoms. The number of imidazole rings is 1. The Hall–Kier alpha value is -2.44. The lowest BCUT2D eigenvalue weighted by atomic mass is 9.87. The van der Waals surface area contributed by atoms with Gasteiger partial charge in [0.25, 0.3) is 0 Å². The first-order chi connectivity index (χ1) is 29.6. The Morgan fingerprint density at radius 1 is 0.905 bits per heavy atom. The van der Waals surface area contributed by atoms with Crippen LogP contribution < -0.4 is 16.4 Å². The first-order valence-corrected chi connectivity index (χ1v) is 26.1. The molecule has 0 spiro atoms. The number of aliphatic hydroxyl groups is 2. The second kappa shape index (κ2) is 26.0. The molecule has 10 N–H and O–H groups in total. The largest absolute Gasteiger partial charge is 0.481 e. The van der Waals surface area contributed by atoms with E-state index in [1.165, 1.54) is 65.2 Å². The van der Waals surface area contributed by atoms with Crippen LogP contribution in [0.4, 0.5) is 5.82 Å². The van der Waals surface area contributed by atoms with Crippen LogP contribution >= 0.6 is 35.2 Å². The second-order valence-corrected chi connectivity index (χ2v) is 21.0. The van der Waals surface area contributed by atoms with Crippen LogP contribution in [0, 0.1) is 5.41 Å². The molecule has 0 saturated carbocycles. The number of carbonyl (C=O) groups is 3. The normalized spacial score (nSPS) is 20.6. The minimum absolute atomic E-state index is 0.0335. The Morgan fingerprint density at radius 3 is 2.16 bits per heavy atom. The highest BCUT2D eigenvalue weighted by molar-refractivity contribution is 8.13. The lowest BCUT2D eigenvalue weighted by Gasteiger charge is -2.30. The summed E-state index contributed by atoms with van der Waals surface area (Å²) in [6, 6.07) is 0. The van der Waals surface area contributed by atoms with Gasteiger partial charge < -0.3 is 50.9 Å². The zero-order chi connectivity index (χ0) is 46.8. The second-order valence-electron chi connectivity index (χ2n) is 15.6. The number of hydrogen-bond donors (Lipinski definition) is 9. The molecule has 2 amide bonds. The number of anilines is 1. The number of phosphoric acid groups is 3. The monoisotopic (exact) mass is 977 g/mol. The molecule has 28 heteroatoms. The van der Waals surface area contributed by atoms with E-state index in [0.29, 0.717) is 12.2 Å². The van der Waals surface area contributed by atoms with E-state index in [4.69, 9.17) is 19.5 Å². The average molecular weight is 978 g/mol. The van der Waals surface area contributed by atoms with Crippen molar-refractivity contribution in [3.63, 3.8) is 0 Å². The number of nitrogen functional groups attached to an aromatic ring is 1. The summed E-state index contributed by atoms with van der Waals surface area (Å²) in [6.07, 6.45) is 6.75. The lowest BCUT2D eigenvalue weighted by molar-refractivity contribution is -0.137. The maximum Gasteiger partial charge on any atom is 0.481 e. The van der Waals surface area contributed by atoms with Gasteiger partial charge >= 0.3 is 23.5 Å². The van der Waals surface area contributed by atoms with Crippen LogP contribution in [0.2, 0.25) is 0 Å². The molecule has 2 aromatic heterocycles. The summed E-state index contributed by atoms with van der Waals surface area (Å²) in [7, 11) is -16.4. The van der Waals surface area contributed by atoms with Gasteiger partial charge in [-0.2, -0.15) is 4.31 Å². The standard InChI is InChI=1S/C35H62N7O17P3S/c1-4-5-6-7-8-9-10-11-12-13-14-15-26(44)63-19-18-37-25(43)16-17-38-33(47)30(46)35(2,3)21-56-62(53,54)59-61(51,52)55-20-24-29(58-60(48,49)50)28(45)34(57-24)42-23-41-27-31(36)39-22-40-32(27)42/h22-24,28-30,34,45-46H,4-21H2,1-3H3,(H,37,43)(H,38,47)(H,51,52)(H,53,54)(H2,36,39,40)(H2,48,49,50)/t24-,28-,29-,30?,34-/m0/s1. The van der Waals surface area contributed by atoms with Crippen LogP contribution in [0.1, 0.15) is 110 Å². The predicted octanol–water partition coefficient (Wildman–Crippen LogP) is 3.37. The van der Waals surface area contributed by atoms with Crippen molar-refractivity contribution in [1.29, 1.82) is 0 Å². The number of ether oxygens (including phenoxy) is 1. The van der Waals surface area contributed by atoms with Crippen molar-refractivity contribution >= 4 is 69.1 Å². The van der Waals surface area contributed by atoms with E-state index in [9.17, 15) is 57.9 Å². The summed E-state index contributed by atoms with van der Waals surface area (Å²) in [5.74, 6) is -1.02. The topological polar surface area (TPSA) is 364 Å². The summed E-state index contributed by atoms with van der Waals surface area (Å²) in [6.45, 7) is 2.79. The van der Waals surface area contributed by atoms with Gasteiger partial charge in [-0.15, -0.1) is 0 Å². The number of aromatic nitrogens is 4. The zero-order valence-corrected chi connectivity index (χ0v) is 39.1. The fourth-order valence-corrected chi connectivity index (χ4v) is 9.85. The molecule has 1 fully saturated rings. The first kappa shape index (κ1) is 54.9. The summed E-state index contributed by atoms with van der Waals surface area (Å²) >= 11 is 1.15. The fraction of sp³-hybridized carbons (Fsp3) is 0.771. The third-order valence-electron chi connectivity index (χ3n) is 9.75. The van der Waals surface area contributed by atoms with E-state index in [0.717, 1.165) is 48.2 Å². The molecule has 3 unspecified atom stereocenters. The number of nitrogens with two attached hydrogens (primary N) is 1. The average Bonchev–Trinajstić information content (AvgIpc) is 3.76. The van der Waals surface area contributed by atoms with E-state index < -0.39 is 84.6 Å². The van der Waals surface area contributed by atoms with Gasteiger partial charge in [0, 0.05) is 37.1 Å². The highest BCUT2D eigenvalue weighted by atomic mass is 32.2. The van der Waals surface area contributed by atoms with Crippen molar-refractivity contribution in [2.75, 3.05) is 37.8 Å². The summed E-state index contributed by atoms with van der Waals surface area (Å²) in [5.41, 5.74) is 4.29. The van der Waals surface area contributed by atoms with E-state index in [1.807, 2.05) is 0 Å². The van der Waals surface area contributed by atoms with Crippen molar-refractivity contribution in [2.45, 2.75) is 135 Å². The maximum atomic E-state index is 12.7. The quantitative estimate of drug-likeness (QED) is 0.0386. The highest BCUT2D eigenvalue weighted by Crippen LogP contribution is 2.61. The minimum atomic E-state index is -5.57. The van der Waals surface area contributed by atoms with Crippen LogP contribution in [0.5, 0.6) is 0 Å². The van der Waals surface area contributed by atoms with Crippen LogP contribution in [-0.2, 0) is 50.7 Å². The number of phosphoric ester groups is 3. The molecule has 24 nitrogen and oxygen atoms in total. The van der Waals surface area contributed by atoms with Crippen molar-refractivity contribution in [2.24, 2.45) is 5.41 Å². The van der Waals surface area contributed by atoms with Crippen LogP contribution in [0.25, 0.3) is 11.2 Å². The molecule has 0 aliphatic carbocycles. The van der Waals surface area contributed by atoms with Crippen molar-refractivity contribution < 1.29 is 80.5 Å². The van der Waals surface area contributed by atoms with Gasteiger partial charge in [-0.05, 0) is 6.42 Å². The zero-order valence-electron chi connectivity index (χ0n) is 35.6. The van der Waals surface area contributed by atoms with Gasteiger partial charge in [0.05, 0.1) is 19.5 Å². The molecule has 1 aliphatic heterocycles. The van der Waals surface area contributed by atoms with E-state index in [1.54, 1.807) is 0 Å². The number of unbranched alkanes of at least 4 members (excludes halogenated alkanes) is 10. The molecule has 7 atom stereocenters. The molecule has 1 saturated heterocycles. The molecular formula is C35H62N7O17P3S. The minimum Gasteiger partial charge on any atom is -0.386 e. The molecule has 1 aliphatic rings. The fourth-order valence-electron chi connectivity index (χ4n) is 6.30. The van der Waals surface area contributed by atoms with Crippen molar-refractivity contribution in [1.82, 2.24) is 30.2 Å². The van der Waals surface area contributed by atoms with Gasteiger partial charge in [-0.3, -0.25) is 32.5 Å². The molecular weight excluding hydrogens is 915 g/mol. The number of hydrogen-bond acceptors (Lipinski definition) is 18. The number of carbonyl (C=O) groups excluding carboxylic acids is 3. The maximum absolute atomic E-state index is 12.7. The van der Waals surface area contributed by atoms with Crippen LogP contribution in [-0.4, -0.2) is 123 Å². The molecule has 3 heterocycles. The Labute approximate surface area is 369 Å². The van der Waals surface area contributed by atoms with E-state index in [-0.39, 0.29) is 41.6 Å². The summed E-state index contributed by atoms with van der Waals surface area (Å²) in [4.78, 5) is 88.2. The van der Waals surface area contributed by atoms with Crippen molar-refractivity contribution in [3.8, 4) is 0 Å². The molecule has 360 valence electrons. The van der Waals surface area contributed by atoms with Gasteiger partial charge in [-0.25, -0.2) is 28.6 Å². The number of fused-ring (bicyclic) bond motifs is 1. The Bertz CT molecular complexity index is 1920. The Morgan fingerprint density at radius 2 is 1.52 bits per heavy atom. The lowest BCUT2D eigenvalue weighted by Crippen LogP contribution is -2.46. The predicted molar refractivity (Wildman–Crippen MR) is 228 cm³/mol. The molecule has 63 heavy (non-hydrogen) atoms.